The quantitative estimate of drug-likeness (QED) is 0.513. The first-order valence-corrected chi connectivity index (χ1v) is 10.3. The van der Waals surface area contributed by atoms with Crippen molar-refractivity contribution in [3.8, 4) is 5.75 Å². The first-order chi connectivity index (χ1) is 15.0. The van der Waals surface area contributed by atoms with Crippen LogP contribution in [0.15, 0.2) is 28.0 Å². The summed E-state index contributed by atoms with van der Waals surface area (Å²) in [7, 11) is 4.94. The number of aryl methyl sites for hydroxylation is 2. The van der Waals surface area contributed by atoms with E-state index in [0.717, 1.165) is 24.1 Å². The fourth-order valence-corrected chi connectivity index (χ4v) is 4.14. The van der Waals surface area contributed by atoms with Crippen molar-refractivity contribution in [1.29, 1.82) is 0 Å². The normalized spacial score (nSPS) is 17.1. The molecule has 2 aromatic heterocycles. The van der Waals surface area contributed by atoms with Crippen LogP contribution in [-0.2, 0) is 13.5 Å². The molecule has 10 heteroatoms. The van der Waals surface area contributed by atoms with Crippen LogP contribution in [0, 0.1) is 5.41 Å². The van der Waals surface area contributed by atoms with Gasteiger partial charge in [0, 0.05) is 27.3 Å². The van der Waals surface area contributed by atoms with Crippen molar-refractivity contribution in [1.82, 2.24) is 19.7 Å². The lowest BCUT2D eigenvalue weighted by Crippen LogP contribution is -2.41. The number of nitrogens with zero attached hydrogens (tertiary/aromatic N) is 4. The zero-order valence-corrected chi connectivity index (χ0v) is 18.7. The van der Waals surface area contributed by atoms with Crippen LogP contribution in [0.3, 0.4) is 0 Å². The third-order valence-corrected chi connectivity index (χ3v) is 6.15. The fraction of sp³-hybridized carbons (Fsp3) is 0.409. The Morgan fingerprint density at radius 3 is 2.62 bits per heavy atom. The second-order valence-electron chi connectivity index (χ2n) is 9.03. The van der Waals surface area contributed by atoms with E-state index in [-0.39, 0.29) is 34.2 Å². The number of anilines is 3. The van der Waals surface area contributed by atoms with Gasteiger partial charge in [0.15, 0.2) is 11.4 Å². The van der Waals surface area contributed by atoms with Gasteiger partial charge in [0.1, 0.15) is 11.4 Å². The second kappa shape index (κ2) is 7.47. The first kappa shape index (κ1) is 21.5. The summed E-state index contributed by atoms with van der Waals surface area (Å²) in [5.41, 5.74) is 0.733. The summed E-state index contributed by atoms with van der Waals surface area (Å²) in [6.07, 6.45) is 4.96. The van der Waals surface area contributed by atoms with Gasteiger partial charge < -0.3 is 20.6 Å². The Bertz CT molecular complexity index is 1280. The highest BCUT2D eigenvalue weighted by Crippen LogP contribution is 2.45. The second-order valence-corrected chi connectivity index (χ2v) is 9.03. The lowest BCUT2D eigenvalue weighted by atomic mass is 9.72. The summed E-state index contributed by atoms with van der Waals surface area (Å²) >= 11 is 0. The van der Waals surface area contributed by atoms with Crippen molar-refractivity contribution >= 4 is 23.0 Å². The molecule has 0 aliphatic heterocycles. The van der Waals surface area contributed by atoms with Crippen LogP contribution in [0.25, 0.3) is 0 Å². The summed E-state index contributed by atoms with van der Waals surface area (Å²) in [5, 5.41) is 21.0. The predicted molar refractivity (Wildman–Crippen MR) is 120 cm³/mol. The zero-order chi connectivity index (χ0) is 23.4. The fourth-order valence-electron chi connectivity index (χ4n) is 4.14. The summed E-state index contributed by atoms with van der Waals surface area (Å²) in [5.74, 6) is -0.876. The minimum atomic E-state index is -0.692. The van der Waals surface area contributed by atoms with E-state index in [1.54, 1.807) is 18.8 Å². The molecule has 2 heterocycles. The largest absolute Gasteiger partial charge is 0.504 e. The molecule has 0 saturated carbocycles. The Morgan fingerprint density at radius 2 is 1.94 bits per heavy atom. The monoisotopic (exact) mass is 438 g/mol. The Kier molecular flexibility index (Phi) is 5.03. The average molecular weight is 438 g/mol. The van der Waals surface area contributed by atoms with Gasteiger partial charge in [-0.25, -0.2) is 4.98 Å². The molecular formula is C22H26N6O4. The highest BCUT2D eigenvalue weighted by molar-refractivity contribution is 5.97. The van der Waals surface area contributed by atoms with Crippen molar-refractivity contribution in [2.45, 2.75) is 32.7 Å². The Morgan fingerprint density at radius 1 is 1.25 bits per heavy atom. The number of pyridine rings is 1. The van der Waals surface area contributed by atoms with Crippen molar-refractivity contribution in [2.75, 3.05) is 24.7 Å². The van der Waals surface area contributed by atoms with Crippen LogP contribution >= 0.6 is 0 Å². The van der Waals surface area contributed by atoms with E-state index in [1.165, 1.54) is 17.2 Å². The molecule has 1 aromatic carbocycles. The lowest BCUT2D eigenvalue weighted by molar-refractivity contribution is 0.0819. The van der Waals surface area contributed by atoms with E-state index in [9.17, 15) is 19.5 Å². The van der Waals surface area contributed by atoms with E-state index in [2.05, 4.69) is 34.6 Å². The number of hydrogen-bond donors (Lipinski definition) is 3. The van der Waals surface area contributed by atoms with E-state index in [0.29, 0.717) is 0 Å². The van der Waals surface area contributed by atoms with Gasteiger partial charge in [-0.3, -0.25) is 19.1 Å². The highest BCUT2D eigenvalue weighted by atomic mass is 16.3. The number of nitrogens with one attached hydrogen (secondary N) is 2. The molecule has 1 amide bonds. The number of aromatic hydroxyl groups is 1. The van der Waals surface area contributed by atoms with E-state index < -0.39 is 22.5 Å². The van der Waals surface area contributed by atoms with Crippen LogP contribution in [-0.4, -0.2) is 44.8 Å². The smallest absolute Gasteiger partial charge is 0.275 e. The zero-order valence-electron chi connectivity index (χ0n) is 18.7. The van der Waals surface area contributed by atoms with Crippen molar-refractivity contribution in [2.24, 2.45) is 12.5 Å². The molecule has 3 N–H and O–H groups in total. The maximum atomic E-state index is 12.5. The molecule has 4 rings (SSSR count). The van der Waals surface area contributed by atoms with Gasteiger partial charge in [-0.05, 0) is 29.9 Å². The molecule has 3 aromatic rings. The Hall–Kier alpha value is -3.69. The van der Waals surface area contributed by atoms with Gasteiger partial charge in [-0.2, -0.15) is 5.10 Å². The van der Waals surface area contributed by atoms with Gasteiger partial charge >= 0.3 is 0 Å². The topological polar surface area (TPSA) is 129 Å². The summed E-state index contributed by atoms with van der Waals surface area (Å²) in [4.78, 5) is 42.3. The maximum absolute atomic E-state index is 12.5. The van der Waals surface area contributed by atoms with E-state index in [1.807, 2.05) is 13.2 Å². The van der Waals surface area contributed by atoms with Gasteiger partial charge in [0.25, 0.3) is 16.8 Å². The lowest BCUT2D eigenvalue weighted by Gasteiger charge is -2.40. The van der Waals surface area contributed by atoms with Crippen molar-refractivity contribution in [3.63, 3.8) is 0 Å². The van der Waals surface area contributed by atoms with Gasteiger partial charge in [0.05, 0.1) is 23.6 Å². The van der Waals surface area contributed by atoms with Gasteiger partial charge in [-0.1, -0.05) is 13.8 Å². The van der Waals surface area contributed by atoms with Crippen molar-refractivity contribution < 1.29 is 9.90 Å². The SMILES string of the molecule is CN(C)C(=O)c1nccc(Nc2c(NC3c4c(cnn4C)CCC3(C)C)c(=O)c2=O)c1O. The molecule has 32 heavy (non-hydrogen) atoms. The number of fused-ring (bicyclic) bond motifs is 1. The summed E-state index contributed by atoms with van der Waals surface area (Å²) in [6, 6.07) is 1.20. The molecule has 0 fully saturated rings. The van der Waals surface area contributed by atoms with Gasteiger partial charge in [0.2, 0.25) is 0 Å². The van der Waals surface area contributed by atoms with Crippen molar-refractivity contribution in [3.05, 3.63) is 55.9 Å². The van der Waals surface area contributed by atoms with E-state index in [4.69, 9.17) is 0 Å². The number of aromatic nitrogens is 3. The molecular weight excluding hydrogens is 412 g/mol. The predicted octanol–water partition coefficient (Wildman–Crippen LogP) is 1.69. The van der Waals surface area contributed by atoms with Crippen LogP contribution in [0.2, 0.25) is 0 Å². The maximum Gasteiger partial charge on any atom is 0.275 e. The standard InChI is InChI=1S/C22H26N6O4/c1-22(2)8-6-11-10-24-28(5)16(11)20(22)26-14-13(18(30)19(14)31)25-12-7-9-23-15(17(12)29)21(32)27(3)4/h7,9-10,20,26,29H,6,8H2,1-5H3,(H,23,25). The minimum absolute atomic E-state index is 0.0462. The first-order valence-electron chi connectivity index (χ1n) is 10.3. The van der Waals surface area contributed by atoms with Gasteiger partial charge in [-0.15, -0.1) is 0 Å². The molecule has 168 valence electrons. The van der Waals surface area contributed by atoms with Crippen LogP contribution in [0.4, 0.5) is 17.1 Å². The molecule has 1 unspecified atom stereocenters. The number of carbonyl (C=O) groups excluding carboxylic acids is 1. The molecule has 0 bridgehead atoms. The molecule has 0 saturated heterocycles. The molecule has 1 aliphatic rings. The minimum Gasteiger partial charge on any atom is -0.504 e. The Labute approximate surface area is 184 Å². The number of amides is 1. The molecule has 1 atom stereocenters. The molecule has 0 radical (unpaired) electrons. The van der Waals surface area contributed by atoms with Crippen LogP contribution in [0.5, 0.6) is 5.75 Å². The number of rotatable bonds is 5. The molecule has 1 aliphatic carbocycles. The third kappa shape index (κ3) is 3.31. The molecule has 0 spiro atoms. The number of hydrogen-bond acceptors (Lipinski definition) is 8. The third-order valence-electron chi connectivity index (χ3n) is 6.15. The van der Waals surface area contributed by atoms with E-state index >= 15 is 0 Å². The molecule has 10 nitrogen and oxygen atoms in total. The Balaban J connectivity index is 1.69. The summed E-state index contributed by atoms with van der Waals surface area (Å²) < 4.78 is 1.79. The highest BCUT2D eigenvalue weighted by Gasteiger charge is 2.40. The summed E-state index contributed by atoms with van der Waals surface area (Å²) in [6.45, 7) is 4.21. The average Bonchev–Trinajstić information content (AvgIpc) is 3.12. The number of carbonyl (C=O) groups is 1. The van der Waals surface area contributed by atoms with Crippen LogP contribution < -0.4 is 21.5 Å². The van der Waals surface area contributed by atoms with Crippen LogP contribution in [0.1, 0.15) is 48.1 Å².